The number of hydrogen-bond acceptors (Lipinski definition) is 3. The minimum atomic E-state index is -0.188. The maximum absolute atomic E-state index is 5.99. The van der Waals surface area contributed by atoms with Crippen LogP contribution in [0.5, 0.6) is 5.75 Å². The Morgan fingerprint density at radius 2 is 1.84 bits per heavy atom. The molecule has 2 heterocycles. The Kier molecular flexibility index (Phi) is 3.38. The largest absolute Gasteiger partial charge is 0.483 e. The number of fused-ring (bicyclic) bond motifs is 1. The van der Waals surface area contributed by atoms with E-state index < -0.39 is 0 Å². The zero-order valence-corrected chi connectivity index (χ0v) is 13.4. The number of benzene rings is 1. The molecule has 1 fully saturated rings. The third-order valence-corrected chi connectivity index (χ3v) is 6.88. The summed E-state index contributed by atoms with van der Waals surface area (Å²) in [7, 11) is 0. The van der Waals surface area contributed by atoms with Crippen molar-refractivity contribution in [2.75, 3.05) is 11.5 Å². The van der Waals surface area contributed by atoms with Crippen molar-refractivity contribution in [2.45, 2.75) is 36.9 Å². The van der Waals surface area contributed by atoms with Gasteiger partial charge in [-0.05, 0) is 62.5 Å². The first kappa shape index (κ1) is 13.4. The van der Waals surface area contributed by atoms with Crippen LogP contribution in [-0.2, 0) is 4.08 Å². The third kappa shape index (κ3) is 2.68. The molecule has 19 heavy (non-hydrogen) atoms. The molecule has 1 aromatic carbocycles. The SMILES string of the molecule is CC1(C)C=Cc2cc(C3(C)SCCCS3)ccc2O1. The number of hydrogen-bond donors (Lipinski definition) is 0. The van der Waals surface area contributed by atoms with Crippen LogP contribution < -0.4 is 4.74 Å². The van der Waals surface area contributed by atoms with Gasteiger partial charge in [-0.15, -0.1) is 23.5 Å². The maximum Gasteiger partial charge on any atom is 0.127 e. The average Bonchev–Trinajstić information content (AvgIpc) is 2.38. The Balaban J connectivity index is 1.94. The monoisotopic (exact) mass is 292 g/mol. The quantitative estimate of drug-likeness (QED) is 0.727. The van der Waals surface area contributed by atoms with E-state index in [4.69, 9.17) is 4.74 Å². The van der Waals surface area contributed by atoms with Gasteiger partial charge in [-0.1, -0.05) is 12.1 Å². The second-order valence-corrected chi connectivity index (χ2v) is 9.07. The van der Waals surface area contributed by atoms with Crippen LogP contribution in [0.15, 0.2) is 24.3 Å². The molecule has 0 spiro atoms. The lowest BCUT2D eigenvalue weighted by Gasteiger charge is -2.34. The molecule has 1 aromatic rings. The molecule has 0 unspecified atom stereocenters. The van der Waals surface area contributed by atoms with Crippen molar-refractivity contribution in [2.24, 2.45) is 0 Å². The van der Waals surface area contributed by atoms with E-state index in [1.54, 1.807) is 0 Å². The summed E-state index contributed by atoms with van der Waals surface area (Å²) in [6, 6.07) is 6.67. The van der Waals surface area contributed by atoms with Gasteiger partial charge in [0.05, 0.1) is 4.08 Å². The van der Waals surface area contributed by atoms with Crippen LogP contribution in [0.2, 0.25) is 0 Å². The van der Waals surface area contributed by atoms with Crippen molar-refractivity contribution in [1.82, 2.24) is 0 Å². The Hall–Kier alpha value is -0.540. The number of rotatable bonds is 1. The minimum absolute atomic E-state index is 0.188. The molecule has 1 nitrogen and oxygen atoms in total. The maximum atomic E-state index is 5.99. The zero-order valence-electron chi connectivity index (χ0n) is 11.7. The first-order chi connectivity index (χ1) is 8.99. The van der Waals surface area contributed by atoms with Crippen LogP contribution in [0.1, 0.15) is 38.3 Å². The van der Waals surface area contributed by atoms with Crippen LogP contribution in [0, 0.1) is 0 Å². The molecule has 2 aliphatic heterocycles. The summed E-state index contributed by atoms with van der Waals surface area (Å²) in [6.45, 7) is 6.53. The fraction of sp³-hybridized carbons (Fsp3) is 0.500. The van der Waals surface area contributed by atoms with Gasteiger partial charge in [-0.3, -0.25) is 0 Å². The summed E-state index contributed by atoms with van der Waals surface area (Å²) in [5.74, 6) is 3.53. The molecular weight excluding hydrogens is 272 g/mol. The Labute approximate surface area is 124 Å². The highest BCUT2D eigenvalue weighted by atomic mass is 32.2. The molecule has 0 bridgehead atoms. The summed E-state index contributed by atoms with van der Waals surface area (Å²) in [6.07, 6.45) is 5.67. The van der Waals surface area contributed by atoms with Crippen LogP contribution in [0.4, 0.5) is 0 Å². The van der Waals surface area contributed by atoms with Crippen molar-refractivity contribution in [3.8, 4) is 5.75 Å². The molecule has 3 rings (SSSR count). The molecule has 3 heteroatoms. The van der Waals surface area contributed by atoms with Crippen molar-refractivity contribution in [3.63, 3.8) is 0 Å². The molecular formula is C16H20OS2. The molecule has 102 valence electrons. The minimum Gasteiger partial charge on any atom is -0.483 e. The number of thioether (sulfide) groups is 2. The van der Waals surface area contributed by atoms with Gasteiger partial charge in [0.25, 0.3) is 0 Å². The van der Waals surface area contributed by atoms with Gasteiger partial charge < -0.3 is 4.74 Å². The van der Waals surface area contributed by atoms with E-state index in [0.29, 0.717) is 0 Å². The van der Waals surface area contributed by atoms with Crippen LogP contribution >= 0.6 is 23.5 Å². The smallest absolute Gasteiger partial charge is 0.127 e. The highest BCUT2D eigenvalue weighted by molar-refractivity contribution is 8.18. The van der Waals surface area contributed by atoms with E-state index >= 15 is 0 Å². The zero-order chi connectivity index (χ0) is 13.5. The molecule has 0 aromatic heterocycles. The van der Waals surface area contributed by atoms with Crippen molar-refractivity contribution < 1.29 is 4.74 Å². The topological polar surface area (TPSA) is 9.23 Å². The molecule has 0 amide bonds. The van der Waals surface area contributed by atoms with Crippen molar-refractivity contribution >= 4 is 29.6 Å². The van der Waals surface area contributed by atoms with E-state index in [-0.39, 0.29) is 9.68 Å². The van der Waals surface area contributed by atoms with E-state index in [0.717, 1.165) is 5.75 Å². The Bertz CT molecular complexity index is 513. The highest BCUT2D eigenvalue weighted by Crippen LogP contribution is 2.50. The Morgan fingerprint density at radius 1 is 1.11 bits per heavy atom. The summed E-state index contributed by atoms with van der Waals surface area (Å²) in [5, 5.41) is 0. The second-order valence-electron chi connectivity index (χ2n) is 5.79. The summed E-state index contributed by atoms with van der Waals surface area (Å²) >= 11 is 4.13. The molecule has 0 N–H and O–H groups in total. The van der Waals surface area contributed by atoms with Crippen LogP contribution in [-0.4, -0.2) is 17.1 Å². The van der Waals surface area contributed by atoms with E-state index in [9.17, 15) is 0 Å². The lowest BCUT2D eigenvalue weighted by atomic mass is 10.00. The van der Waals surface area contributed by atoms with Crippen LogP contribution in [0.3, 0.4) is 0 Å². The number of ether oxygens (including phenoxy) is 1. The second kappa shape index (κ2) is 4.78. The lowest BCUT2D eigenvalue weighted by Crippen LogP contribution is -2.27. The van der Waals surface area contributed by atoms with Gasteiger partial charge in [0, 0.05) is 5.56 Å². The molecule has 0 aliphatic carbocycles. The summed E-state index contributed by atoms with van der Waals surface area (Å²) in [4.78, 5) is 0. The summed E-state index contributed by atoms with van der Waals surface area (Å²) < 4.78 is 6.20. The predicted molar refractivity (Wildman–Crippen MR) is 87.1 cm³/mol. The van der Waals surface area contributed by atoms with E-state index in [1.807, 2.05) is 0 Å². The van der Waals surface area contributed by atoms with Gasteiger partial charge >= 0.3 is 0 Å². The normalized spacial score (nSPS) is 23.5. The molecule has 0 radical (unpaired) electrons. The average molecular weight is 292 g/mol. The standard InChI is InChI=1S/C16H20OS2/c1-15(2)8-7-12-11-13(5-6-14(12)17-15)16(3)18-9-4-10-19-16/h5-8,11H,4,9-10H2,1-3H3. The molecule has 0 saturated carbocycles. The highest BCUT2D eigenvalue weighted by Gasteiger charge is 2.31. The van der Waals surface area contributed by atoms with E-state index in [1.165, 1.54) is 29.1 Å². The lowest BCUT2D eigenvalue weighted by molar-refractivity contribution is 0.159. The van der Waals surface area contributed by atoms with Crippen molar-refractivity contribution in [3.05, 3.63) is 35.4 Å². The van der Waals surface area contributed by atoms with Gasteiger partial charge in [-0.2, -0.15) is 0 Å². The fourth-order valence-corrected chi connectivity index (χ4v) is 5.42. The third-order valence-electron chi connectivity index (χ3n) is 3.62. The Morgan fingerprint density at radius 3 is 2.58 bits per heavy atom. The van der Waals surface area contributed by atoms with Crippen molar-refractivity contribution in [1.29, 1.82) is 0 Å². The molecule has 1 saturated heterocycles. The predicted octanol–water partition coefficient (Wildman–Crippen LogP) is 4.91. The van der Waals surface area contributed by atoms with Crippen LogP contribution in [0.25, 0.3) is 6.08 Å². The van der Waals surface area contributed by atoms with Gasteiger partial charge in [0.1, 0.15) is 11.4 Å². The molecule has 2 aliphatic rings. The van der Waals surface area contributed by atoms with Gasteiger partial charge in [0.2, 0.25) is 0 Å². The first-order valence-electron chi connectivity index (χ1n) is 6.79. The fourth-order valence-electron chi connectivity index (χ4n) is 2.46. The van der Waals surface area contributed by atoms with E-state index in [2.05, 4.69) is 74.6 Å². The summed E-state index contributed by atoms with van der Waals surface area (Å²) in [5.41, 5.74) is 2.44. The molecule has 0 atom stereocenters. The van der Waals surface area contributed by atoms with Gasteiger partial charge in [0.15, 0.2) is 0 Å². The van der Waals surface area contributed by atoms with Gasteiger partial charge in [-0.25, -0.2) is 0 Å². The first-order valence-corrected chi connectivity index (χ1v) is 8.76.